The van der Waals surface area contributed by atoms with Crippen molar-refractivity contribution in [3.05, 3.63) is 218 Å². The van der Waals surface area contributed by atoms with E-state index >= 15 is 0 Å². The molecule has 0 saturated carbocycles. The van der Waals surface area contributed by atoms with E-state index in [0.717, 1.165) is 48.4 Å². The Morgan fingerprint density at radius 1 is 0.391 bits per heavy atom. The van der Waals surface area contributed by atoms with Crippen LogP contribution in [0.5, 0.6) is 0 Å². The van der Waals surface area contributed by atoms with Gasteiger partial charge in [0, 0.05) is 43.9 Å². The van der Waals surface area contributed by atoms with Gasteiger partial charge in [-0.15, -0.1) is 0 Å². The molecule has 0 fully saturated rings. The van der Waals surface area contributed by atoms with Crippen molar-refractivity contribution in [3.63, 3.8) is 0 Å². The van der Waals surface area contributed by atoms with Gasteiger partial charge in [-0.1, -0.05) is 164 Å². The van der Waals surface area contributed by atoms with Crippen LogP contribution in [0.3, 0.4) is 0 Å². The summed E-state index contributed by atoms with van der Waals surface area (Å²) in [6.45, 7) is 0. The molecule has 10 aromatic carbocycles. The number of furan rings is 1. The highest BCUT2D eigenvalue weighted by Gasteiger charge is 2.21. The van der Waals surface area contributed by atoms with E-state index in [0.29, 0.717) is 34.2 Å². The molecule has 0 aliphatic carbocycles. The second-order valence-corrected chi connectivity index (χ2v) is 15.2. The fourth-order valence-electron chi connectivity index (χ4n) is 8.63. The Morgan fingerprint density at radius 3 is 1.72 bits per heavy atom. The van der Waals surface area contributed by atoms with E-state index in [1.807, 2.05) is 121 Å². The van der Waals surface area contributed by atoms with Crippen molar-refractivity contribution < 1.29 is 23.6 Å². The highest BCUT2D eigenvalue weighted by molar-refractivity contribution is 6.18. The Labute approximate surface area is 387 Å². The van der Waals surface area contributed by atoms with E-state index in [1.54, 1.807) is 12.1 Å². The zero-order chi connectivity index (χ0) is 54.3. The topological polar surface area (TPSA) is 56.7 Å². The first-order valence-electron chi connectivity index (χ1n) is 27.5. The molecule has 0 saturated heterocycles. The molecular formula is C59H36N4O. The first-order valence-corrected chi connectivity index (χ1v) is 20.5. The molecule has 64 heavy (non-hydrogen) atoms. The van der Waals surface area contributed by atoms with Crippen LogP contribution in [0.1, 0.15) is 19.2 Å². The summed E-state index contributed by atoms with van der Waals surface area (Å²) in [6, 6.07) is 33.0. The van der Waals surface area contributed by atoms with Gasteiger partial charge in [0.05, 0.1) is 30.2 Å². The van der Waals surface area contributed by atoms with Crippen LogP contribution in [0.25, 0.3) is 127 Å². The van der Waals surface area contributed by atoms with Gasteiger partial charge in [0.25, 0.3) is 0 Å². The van der Waals surface area contributed by atoms with Gasteiger partial charge in [0.1, 0.15) is 11.2 Å². The molecule has 0 bridgehead atoms. The summed E-state index contributed by atoms with van der Waals surface area (Å²) in [5.41, 5.74) is 3.52. The van der Waals surface area contributed by atoms with Crippen molar-refractivity contribution in [1.29, 1.82) is 0 Å². The summed E-state index contributed by atoms with van der Waals surface area (Å²) in [5, 5.41) is 1.76. The molecule has 13 rings (SSSR count). The SMILES string of the molecule is [2H]c1c([2H])c(-n2c3c([2H])c([2H])c([2H])c([2H])c3c3c([2H])c4c([2H])c([2H])c([2H])c([2H])c4c([2H])c32)c([2H])c([2H])c1-c1cc(-c2ccc(-c3nc(-c4ccccc4)nc(-c4ccccc4)n3)c3ccccc23)c2c(c1)oc1ccccc12. The molecule has 0 N–H and O–H groups in total. The van der Waals surface area contributed by atoms with Gasteiger partial charge in [-0.05, 0) is 98.3 Å². The molecule has 0 aliphatic heterocycles. The maximum Gasteiger partial charge on any atom is 0.164 e. The van der Waals surface area contributed by atoms with E-state index in [-0.39, 0.29) is 43.7 Å². The Morgan fingerprint density at radius 2 is 0.984 bits per heavy atom. The van der Waals surface area contributed by atoms with E-state index in [2.05, 4.69) is 0 Å². The standard InChI is InChI=1S/C59H36N4O/c1-3-15-38(16-4-1)57-60-58(39-17-5-2-6-18-39)62-59(61-57)48-32-31-46(44-21-9-10-22-45(44)48)51-34-42(36-55-56(51)49-24-12-14-26-54(49)64-55)37-27-29-43(30-28-37)63-52-25-13-11-23-47(52)50-33-40-19-7-8-20-41(40)35-53(50)63/h1-36H/i7D,8D,11D,13D,19D,20D,23D,25D,27D,28D,29D,30D,33D,35D. The van der Waals surface area contributed by atoms with Gasteiger partial charge in [-0.3, -0.25) is 0 Å². The molecular weight excluding hydrogens is 781 g/mol. The number of benzene rings is 10. The molecule has 13 aromatic rings. The monoisotopic (exact) mass is 830 g/mol. The second-order valence-electron chi connectivity index (χ2n) is 15.2. The number of rotatable bonds is 6. The lowest BCUT2D eigenvalue weighted by atomic mass is 9.90. The Kier molecular flexibility index (Phi) is 5.58. The zero-order valence-corrected chi connectivity index (χ0v) is 33.4. The van der Waals surface area contributed by atoms with Crippen LogP contribution in [0.2, 0.25) is 0 Å². The summed E-state index contributed by atoms with van der Waals surface area (Å²) in [6.07, 6.45) is 0. The van der Waals surface area contributed by atoms with Crippen LogP contribution in [-0.4, -0.2) is 19.5 Å². The van der Waals surface area contributed by atoms with Crippen LogP contribution in [-0.2, 0) is 0 Å². The third-order valence-electron chi connectivity index (χ3n) is 11.5. The van der Waals surface area contributed by atoms with Crippen molar-refractivity contribution in [2.24, 2.45) is 0 Å². The quantitative estimate of drug-likeness (QED) is 0.167. The van der Waals surface area contributed by atoms with Gasteiger partial charge < -0.3 is 8.98 Å². The van der Waals surface area contributed by atoms with Crippen molar-refractivity contribution in [2.45, 2.75) is 0 Å². The third kappa shape index (κ3) is 5.83. The van der Waals surface area contributed by atoms with E-state index < -0.39 is 90.3 Å². The predicted octanol–water partition coefficient (Wildman–Crippen LogP) is 15.5. The molecule has 0 radical (unpaired) electrons. The number of aromatic nitrogens is 4. The zero-order valence-electron chi connectivity index (χ0n) is 47.4. The summed E-state index contributed by atoms with van der Waals surface area (Å²) in [5.74, 6) is 1.42. The van der Waals surface area contributed by atoms with Crippen molar-refractivity contribution >= 4 is 65.3 Å². The van der Waals surface area contributed by atoms with E-state index in [4.69, 9.17) is 29.0 Å². The molecule has 5 heteroatoms. The fourth-order valence-corrected chi connectivity index (χ4v) is 8.63. The molecule has 0 atom stereocenters. The number of fused-ring (bicyclic) bond motifs is 8. The van der Waals surface area contributed by atoms with Crippen LogP contribution in [0, 0.1) is 0 Å². The summed E-state index contributed by atoms with van der Waals surface area (Å²) < 4.78 is 136. The molecule has 3 heterocycles. The molecule has 0 unspecified atom stereocenters. The first kappa shape index (κ1) is 24.7. The summed E-state index contributed by atoms with van der Waals surface area (Å²) in [7, 11) is 0. The minimum atomic E-state index is -0.718. The normalized spacial score (nSPS) is 14.8. The van der Waals surface area contributed by atoms with Gasteiger partial charge in [-0.25, -0.2) is 15.0 Å². The van der Waals surface area contributed by atoms with Gasteiger partial charge in [-0.2, -0.15) is 0 Å². The van der Waals surface area contributed by atoms with Crippen LogP contribution in [0.15, 0.2) is 222 Å². The highest BCUT2D eigenvalue weighted by atomic mass is 16.3. The van der Waals surface area contributed by atoms with Gasteiger partial charge >= 0.3 is 0 Å². The number of para-hydroxylation sites is 2. The average Bonchev–Trinajstić information content (AvgIpc) is 4.04. The molecule has 0 spiro atoms. The maximum atomic E-state index is 9.76. The smallest absolute Gasteiger partial charge is 0.164 e. The maximum absolute atomic E-state index is 9.76. The van der Waals surface area contributed by atoms with Gasteiger partial charge in [0.15, 0.2) is 17.5 Å². The lowest BCUT2D eigenvalue weighted by Gasteiger charge is -2.15. The fraction of sp³-hybridized carbons (Fsp3) is 0. The van der Waals surface area contributed by atoms with Crippen LogP contribution < -0.4 is 0 Å². The number of nitrogens with zero attached hydrogens (tertiary/aromatic N) is 4. The van der Waals surface area contributed by atoms with Crippen molar-refractivity contribution in [1.82, 2.24) is 19.5 Å². The Hall–Kier alpha value is -8.67. The average molecular weight is 831 g/mol. The molecule has 0 aliphatic rings. The largest absolute Gasteiger partial charge is 0.456 e. The van der Waals surface area contributed by atoms with Crippen LogP contribution >= 0.6 is 0 Å². The molecule has 5 nitrogen and oxygen atoms in total. The Bertz CT molecular complexity index is 4710. The summed E-state index contributed by atoms with van der Waals surface area (Å²) in [4.78, 5) is 15.0. The second kappa shape index (κ2) is 14.5. The van der Waals surface area contributed by atoms with Crippen LogP contribution in [0.4, 0.5) is 0 Å². The highest BCUT2D eigenvalue weighted by Crippen LogP contribution is 2.44. The molecule has 3 aromatic heterocycles. The third-order valence-corrected chi connectivity index (χ3v) is 11.5. The van der Waals surface area contributed by atoms with E-state index in [9.17, 15) is 9.60 Å². The predicted molar refractivity (Wildman–Crippen MR) is 264 cm³/mol. The van der Waals surface area contributed by atoms with E-state index in [1.165, 1.54) is 0 Å². The lowest BCUT2D eigenvalue weighted by molar-refractivity contribution is 0.669. The molecule has 298 valence electrons. The number of hydrogen-bond donors (Lipinski definition) is 0. The van der Waals surface area contributed by atoms with Gasteiger partial charge in [0.2, 0.25) is 0 Å². The van der Waals surface area contributed by atoms with Crippen molar-refractivity contribution in [2.75, 3.05) is 0 Å². The lowest BCUT2D eigenvalue weighted by Crippen LogP contribution is -2.00. The minimum absolute atomic E-state index is 0.139. The first-order chi connectivity index (χ1) is 37.6. The Balaban J connectivity index is 1.07. The minimum Gasteiger partial charge on any atom is -0.456 e. The molecule has 0 amide bonds. The number of hydrogen-bond acceptors (Lipinski definition) is 4. The van der Waals surface area contributed by atoms with Crippen molar-refractivity contribution in [3.8, 4) is 62.1 Å². The summed E-state index contributed by atoms with van der Waals surface area (Å²) >= 11 is 0.